The Labute approximate surface area is 103 Å². The molecule has 2 aromatic heterocycles. The minimum Gasteiger partial charge on any atom is -0.468 e. The Bertz CT molecular complexity index is 462. The van der Waals surface area contributed by atoms with Crippen LogP contribution in [0, 0.1) is 0 Å². The number of hydrogen-bond acceptors (Lipinski definition) is 3. The van der Waals surface area contributed by atoms with E-state index in [4.69, 9.17) is 4.74 Å². The van der Waals surface area contributed by atoms with Gasteiger partial charge in [-0.1, -0.05) is 22.0 Å². The third-order valence-corrected chi connectivity index (χ3v) is 2.59. The Hall–Kier alpha value is -1.42. The van der Waals surface area contributed by atoms with Gasteiger partial charge in [0.05, 0.1) is 5.69 Å². The van der Waals surface area contributed by atoms with Crippen LogP contribution < -0.4 is 4.74 Å². The Morgan fingerprint density at radius 3 is 2.75 bits per heavy atom. The Kier molecular flexibility index (Phi) is 3.51. The van der Waals surface area contributed by atoms with Crippen molar-refractivity contribution in [2.75, 3.05) is 0 Å². The predicted octanol–water partition coefficient (Wildman–Crippen LogP) is 3.38. The highest BCUT2D eigenvalue weighted by atomic mass is 79.9. The maximum Gasteiger partial charge on any atom is 0.214 e. The van der Waals surface area contributed by atoms with E-state index >= 15 is 0 Å². The standard InChI is InChI=1S/C12H11BrN2O/c1-9(11-4-2-3-6-14-11)16-12-8-10(13)5-7-15-12/h2-9H,1H3/t9-/m0/s1. The molecule has 0 bridgehead atoms. The number of ether oxygens (including phenoxy) is 1. The maximum absolute atomic E-state index is 5.68. The third kappa shape index (κ3) is 2.79. The van der Waals surface area contributed by atoms with Crippen molar-refractivity contribution in [3.63, 3.8) is 0 Å². The molecule has 4 heteroatoms. The fourth-order valence-corrected chi connectivity index (χ4v) is 1.62. The van der Waals surface area contributed by atoms with Gasteiger partial charge in [-0.3, -0.25) is 4.98 Å². The average Bonchev–Trinajstić information content (AvgIpc) is 2.30. The van der Waals surface area contributed by atoms with Crippen LogP contribution >= 0.6 is 15.9 Å². The molecule has 0 fully saturated rings. The highest BCUT2D eigenvalue weighted by Crippen LogP contribution is 2.20. The molecule has 0 saturated heterocycles. The molecule has 1 atom stereocenters. The first-order valence-corrected chi connectivity index (χ1v) is 5.74. The fraction of sp³-hybridized carbons (Fsp3) is 0.167. The lowest BCUT2D eigenvalue weighted by atomic mass is 10.2. The van der Waals surface area contributed by atoms with E-state index in [-0.39, 0.29) is 6.10 Å². The lowest BCUT2D eigenvalue weighted by molar-refractivity contribution is 0.212. The lowest BCUT2D eigenvalue weighted by Gasteiger charge is -2.12. The summed E-state index contributed by atoms with van der Waals surface area (Å²) in [5.74, 6) is 0.590. The largest absolute Gasteiger partial charge is 0.468 e. The molecule has 0 aromatic carbocycles. The van der Waals surface area contributed by atoms with Gasteiger partial charge in [0.2, 0.25) is 5.88 Å². The summed E-state index contributed by atoms with van der Waals surface area (Å²) in [6.07, 6.45) is 3.34. The molecule has 0 spiro atoms. The van der Waals surface area contributed by atoms with Gasteiger partial charge < -0.3 is 4.74 Å². The summed E-state index contributed by atoms with van der Waals surface area (Å²) < 4.78 is 6.63. The van der Waals surface area contributed by atoms with Crippen LogP contribution in [0.1, 0.15) is 18.7 Å². The summed E-state index contributed by atoms with van der Waals surface area (Å²) in [6.45, 7) is 1.95. The Morgan fingerprint density at radius 2 is 2.06 bits per heavy atom. The Morgan fingerprint density at radius 1 is 1.19 bits per heavy atom. The summed E-state index contributed by atoms with van der Waals surface area (Å²) >= 11 is 3.37. The summed E-state index contributed by atoms with van der Waals surface area (Å²) in [4.78, 5) is 8.36. The van der Waals surface area contributed by atoms with Crippen molar-refractivity contribution in [3.05, 3.63) is 52.9 Å². The second-order valence-corrected chi connectivity index (χ2v) is 4.24. The van der Waals surface area contributed by atoms with Crippen LogP contribution in [-0.4, -0.2) is 9.97 Å². The van der Waals surface area contributed by atoms with Crippen LogP contribution in [0.25, 0.3) is 0 Å². The second-order valence-electron chi connectivity index (χ2n) is 3.33. The minimum atomic E-state index is -0.108. The molecule has 0 unspecified atom stereocenters. The zero-order valence-corrected chi connectivity index (χ0v) is 10.4. The third-order valence-electron chi connectivity index (χ3n) is 2.10. The van der Waals surface area contributed by atoms with E-state index in [9.17, 15) is 0 Å². The first-order chi connectivity index (χ1) is 7.75. The molecule has 0 saturated carbocycles. The quantitative estimate of drug-likeness (QED) is 0.864. The zero-order chi connectivity index (χ0) is 11.4. The van der Waals surface area contributed by atoms with E-state index in [1.807, 2.05) is 37.3 Å². The topological polar surface area (TPSA) is 35.0 Å². The van der Waals surface area contributed by atoms with Gasteiger partial charge in [0.25, 0.3) is 0 Å². The van der Waals surface area contributed by atoms with Crippen molar-refractivity contribution in [1.29, 1.82) is 0 Å². The average molecular weight is 279 g/mol. The molecule has 2 rings (SSSR count). The monoisotopic (exact) mass is 278 g/mol. The van der Waals surface area contributed by atoms with Crippen molar-refractivity contribution >= 4 is 15.9 Å². The van der Waals surface area contributed by atoms with Gasteiger partial charge in [0.1, 0.15) is 6.10 Å². The van der Waals surface area contributed by atoms with Crippen molar-refractivity contribution in [1.82, 2.24) is 9.97 Å². The number of aromatic nitrogens is 2. The molecule has 2 heterocycles. The van der Waals surface area contributed by atoms with E-state index in [1.165, 1.54) is 0 Å². The van der Waals surface area contributed by atoms with Gasteiger partial charge in [0, 0.05) is 22.9 Å². The summed E-state index contributed by atoms with van der Waals surface area (Å²) in [6, 6.07) is 9.45. The van der Waals surface area contributed by atoms with Crippen LogP contribution in [0.3, 0.4) is 0 Å². The molecule has 3 nitrogen and oxygen atoms in total. The van der Waals surface area contributed by atoms with Crippen LogP contribution in [-0.2, 0) is 0 Å². The second kappa shape index (κ2) is 5.07. The fourth-order valence-electron chi connectivity index (χ4n) is 1.31. The molecule has 0 aliphatic rings. The smallest absolute Gasteiger partial charge is 0.214 e. The normalized spacial score (nSPS) is 12.1. The number of rotatable bonds is 3. The summed E-state index contributed by atoms with van der Waals surface area (Å²) in [5, 5.41) is 0. The van der Waals surface area contributed by atoms with E-state index in [2.05, 4.69) is 25.9 Å². The first-order valence-electron chi connectivity index (χ1n) is 4.95. The lowest BCUT2D eigenvalue weighted by Crippen LogP contribution is -2.05. The molecule has 0 radical (unpaired) electrons. The zero-order valence-electron chi connectivity index (χ0n) is 8.80. The van der Waals surface area contributed by atoms with Crippen molar-refractivity contribution in [2.45, 2.75) is 13.0 Å². The molecular formula is C12H11BrN2O. The van der Waals surface area contributed by atoms with Crippen LogP contribution in [0.4, 0.5) is 0 Å². The number of nitrogens with zero attached hydrogens (tertiary/aromatic N) is 2. The molecule has 0 aliphatic heterocycles. The molecule has 0 aliphatic carbocycles. The minimum absolute atomic E-state index is 0.108. The highest BCUT2D eigenvalue weighted by Gasteiger charge is 2.08. The van der Waals surface area contributed by atoms with Crippen LogP contribution in [0.5, 0.6) is 5.88 Å². The van der Waals surface area contributed by atoms with Crippen molar-refractivity contribution < 1.29 is 4.74 Å². The SMILES string of the molecule is C[C@H](Oc1cc(Br)ccn1)c1ccccn1. The van der Waals surface area contributed by atoms with Crippen molar-refractivity contribution in [3.8, 4) is 5.88 Å². The molecule has 0 amide bonds. The van der Waals surface area contributed by atoms with Crippen LogP contribution in [0.2, 0.25) is 0 Å². The van der Waals surface area contributed by atoms with Gasteiger partial charge in [-0.2, -0.15) is 0 Å². The first kappa shape index (κ1) is 11.1. The summed E-state index contributed by atoms with van der Waals surface area (Å²) in [5.41, 5.74) is 0.893. The van der Waals surface area contributed by atoms with E-state index in [0.29, 0.717) is 5.88 Å². The van der Waals surface area contributed by atoms with Gasteiger partial charge in [-0.15, -0.1) is 0 Å². The molecule has 2 aromatic rings. The highest BCUT2D eigenvalue weighted by molar-refractivity contribution is 9.10. The van der Waals surface area contributed by atoms with Crippen LogP contribution in [0.15, 0.2) is 47.2 Å². The maximum atomic E-state index is 5.68. The molecule has 0 N–H and O–H groups in total. The molecule has 16 heavy (non-hydrogen) atoms. The van der Waals surface area contributed by atoms with E-state index in [0.717, 1.165) is 10.2 Å². The molecular weight excluding hydrogens is 268 g/mol. The van der Waals surface area contributed by atoms with E-state index < -0.39 is 0 Å². The number of pyridine rings is 2. The molecule has 82 valence electrons. The van der Waals surface area contributed by atoms with Crippen molar-refractivity contribution in [2.24, 2.45) is 0 Å². The number of halogens is 1. The predicted molar refractivity (Wildman–Crippen MR) is 65.2 cm³/mol. The van der Waals surface area contributed by atoms with Gasteiger partial charge in [-0.25, -0.2) is 4.98 Å². The van der Waals surface area contributed by atoms with Gasteiger partial charge in [-0.05, 0) is 25.1 Å². The Balaban J connectivity index is 2.11. The van der Waals surface area contributed by atoms with E-state index in [1.54, 1.807) is 12.4 Å². The number of hydrogen-bond donors (Lipinski definition) is 0. The van der Waals surface area contributed by atoms with Gasteiger partial charge >= 0.3 is 0 Å². The van der Waals surface area contributed by atoms with Gasteiger partial charge in [0.15, 0.2) is 0 Å². The summed E-state index contributed by atoms with van der Waals surface area (Å²) in [7, 11) is 0.